The summed E-state index contributed by atoms with van der Waals surface area (Å²) in [7, 11) is 0. The number of nitrogens with zero attached hydrogens (tertiary/aromatic N) is 2. The molecule has 1 saturated heterocycles. The Kier molecular flexibility index (Phi) is 3.70. The Bertz CT molecular complexity index is 656. The molecule has 0 radical (unpaired) electrons. The third-order valence-corrected chi connectivity index (χ3v) is 5.45. The van der Waals surface area contributed by atoms with Crippen LogP contribution < -0.4 is 5.73 Å². The summed E-state index contributed by atoms with van der Waals surface area (Å²) in [6.45, 7) is 1.42. The molecule has 5 nitrogen and oxygen atoms in total. The van der Waals surface area contributed by atoms with Gasteiger partial charge in [0.15, 0.2) is 5.82 Å². The second kappa shape index (κ2) is 5.73. The van der Waals surface area contributed by atoms with Crippen LogP contribution in [0.3, 0.4) is 0 Å². The fraction of sp³-hybridized carbons (Fsp3) is 0.556. The van der Waals surface area contributed by atoms with E-state index in [1.165, 1.54) is 5.56 Å². The highest BCUT2D eigenvalue weighted by Gasteiger charge is 2.43. The average Bonchev–Trinajstić information content (AvgIpc) is 3.27. The molecule has 2 fully saturated rings. The van der Waals surface area contributed by atoms with Gasteiger partial charge in [-0.1, -0.05) is 48.3 Å². The first-order valence-electron chi connectivity index (χ1n) is 8.50. The molecule has 1 aliphatic carbocycles. The number of aromatic nitrogens is 2. The summed E-state index contributed by atoms with van der Waals surface area (Å²) < 4.78 is 11.3. The Morgan fingerprint density at radius 1 is 0.957 bits per heavy atom. The third kappa shape index (κ3) is 2.48. The van der Waals surface area contributed by atoms with E-state index in [1.54, 1.807) is 0 Å². The van der Waals surface area contributed by atoms with Crippen molar-refractivity contribution >= 4 is 0 Å². The van der Waals surface area contributed by atoms with E-state index >= 15 is 0 Å². The highest BCUT2D eigenvalue weighted by Crippen LogP contribution is 2.42. The Morgan fingerprint density at radius 2 is 1.65 bits per heavy atom. The summed E-state index contributed by atoms with van der Waals surface area (Å²) in [5.41, 5.74) is 7.05. The van der Waals surface area contributed by atoms with Crippen molar-refractivity contribution < 1.29 is 9.26 Å². The van der Waals surface area contributed by atoms with Gasteiger partial charge in [-0.05, 0) is 31.2 Å². The fourth-order valence-corrected chi connectivity index (χ4v) is 3.95. The van der Waals surface area contributed by atoms with Crippen LogP contribution in [-0.4, -0.2) is 23.4 Å². The molecule has 1 aromatic carbocycles. The maximum Gasteiger partial charge on any atom is 0.237 e. The SMILES string of the molecule is NC1(c2noc(C3(c4ccccc4)CCOCC3)n2)CCCC1. The quantitative estimate of drug-likeness (QED) is 0.943. The van der Waals surface area contributed by atoms with Crippen molar-refractivity contribution in [3.8, 4) is 0 Å². The number of ether oxygens (including phenoxy) is 1. The molecule has 0 amide bonds. The highest BCUT2D eigenvalue weighted by molar-refractivity contribution is 5.32. The summed E-state index contributed by atoms with van der Waals surface area (Å²) in [6.07, 6.45) is 5.86. The van der Waals surface area contributed by atoms with Crippen LogP contribution in [0.2, 0.25) is 0 Å². The van der Waals surface area contributed by atoms with Gasteiger partial charge >= 0.3 is 0 Å². The molecule has 4 rings (SSSR count). The molecule has 0 atom stereocenters. The lowest BCUT2D eigenvalue weighted by Crippen LogP contribution is -2.37. The molecular weight excluding hydrogens is 290 g/mol. The molecule has 0 spiro atoms. The van der Waals surface area contributed by atoms with Gasteiger partial charge in [0, 0.05) is 13.2 Å². The van der Waals surface area contributed by atoms with Crippen LogP contribution in [0.25, 0.3) is 0 Å². The number of benzene rings is 1. The number of nitrogens with two attached hydrogens (primary N) is 1. The van der Waals surface area contributed by atoms with Crippen molar-refractivity contribution in [3.63, 3.8) is 0 Å². The van der Waals surface area contributed by atoms with Crippen LogP contribution in [0.15, 0.2) is 34.9 Å². The Hall–Kier alpha value is -1.72. The van der Waals surface area contributed by atoms with Crippen LogP contribution >= 0.6 is 0 Å². The summed E-state index contributed by atoms with van der Waals surface area (Å²) >= 11 is 0. The molecule has 2 heterocycles. The number of hydrogen-bond donors (Lipinski definition) is 1. The summed E-state index contributed by atoms with van der Waals surface area (Å²) in [5, 5.41) is 4.26. The van der Waals surface area contributed by atoms with Crippen LogP contribution in [0.1, 0.15) is 55.8 Å². The monoisotopic (exact) mass is 313 g/mol. The minimum Gasteiger partial charge on any atom is -0.381 e. The second-order valence-electron chi connectivity index (χ2n) is 6.85. The van der Waals surface area contributed by atoms with Crippen molar-refractivity contribution in [2.45, 2.75) is 49.5 Å². The molecule has 2 aliphatic rings. The van der Waals surface area contributed by atoms with Crippen molar-refractivity contribution in [1.29, 1.82) is 0 Å². The molecule has 122 valence electrons. The average molecular weight is 313 g/mol. The van der Waals surface area contributed by atoms with Crippen LogP contribution in [-0.2, 0) is 15.7 Å². The maximum atomic E-state index is 6.50. The van der Waals surface area contributed by atoms with Gasteiger partial charge in [0.25, 0.3) is 0 Å². The van der Waals surface area contributed by atoms with E-state index in [9.17, 15) is 0 Å². The zero-order chi connectivity index (χ0) is 15.8. The molecular formula is C18H23N3O2. The lowest BCUT2D eigenvalue weighted by molar-refractivity contribution is 0.0523. The number of rotatable bonds is 3. The molecule has 5 heteroatoms. The van der Waals surface area contributed by atoms with Crippen molar-refractivity contribution in [2.24, 2.45) is 5.73 Å². The first kappa shape index (κ1) is 14.8. The van der Waals surface area contributed by atoms with E-state index in [1.807, 2.05) is 6.07 Å². The molecule has 2 N–H and O–H groups in total. The molecule has 1 aliphatic heterocycles. The lowest BCUT2D eigenvalue weighted by atomic mass is 9.74. The Labute approximate surface area is 136 Å². The molecule has 23 heavy (non-hydrogen) atoms. The molecule has 2 aromatic rings. The van der Waals surface area contributed by atoms with Gasteiger partial charge in [-0.25, -0.2) is 0 Å². The molecule has 0 bridgehead atoms. The van der Waals surface area contributed by atoms with Gasteiger partial charge in [0.2, 0.25) is 5.89 Å². The van der Waals surface area contributed by atoms with Gasteiger partial charge in [0.1, 0.15) is 0 Å². The maximum absolute atomic E-state index is 6.50. The molecule has 1 saturated carbocycles. The van der Waals surface area contributed by atoms with E-state index < -0.39 is 5.54 Å². The molecule has 1 aromatic heterocycles. The molecule has 0 unspecified atom stereocenters. The third-order valence-electron chi connectivity index (χ3n) is 5.45. The largest absolute Gasteiger partial charge is 0.381 e. The van der Waals surface area contributed by atoms with E-state index in [0.29, 0.717) is 24.9 Å². The van der Waals surface area contributed by atoms with Gasteiger partial charge in [-0.2, -0.15) is 4.98 Å². The zero-order valence-corrected chi connectivity index (χ0v) is 13.3. The first-order valence-corrected chi connectivity index (χ1v) is 8.50. The highest BCUT2D eigenvalue weighted by atomic mass is 16.5. The van der Waals surface area contributed by atoms with Crippen molar-refractivity contribution in [1.82, 2.24) is 10.1 Å². The normalized spacial score (nSPS) is 23.0. The summed E-state index contributed by atoms with van der Waals surface area (Å²) in [6, 6.07) is 10.4. The Morgan fingerprint density at radius 3 is 2.35 bits per heavy atom. The standard InChI is InChI=1S/C18H23N3O2/c19-18(8-4-5-9-18)15-20-16(23-21-15)17(10-12-22-13-11-17)14-6-2-1-3-7-14/h1-3,6-7H,4-5,8-13,19H2. The predicted octanol–water partition coefficient (Wildman–Crippen LogP) is 2.89. The van der Waals surface area contributed by atoms with Crippen LogP contribution in [0, 0.1) is 0 Å². The summed E-state index contributed by atoms with van der Waals surface area (Å²) in [4.78, 5) is 4.78. The Balaban J connectivity index is 1.74. The van der Waals surface area contributed by atoms with Crippen LogP contribution in [0.4, 0.5) is 0 Å². The van der Waals surface area contributed by atoms with Gasteiger partial charge < -0.3 is 15.0 Å². The van der Waals surface area contributed by atoms with E-state index in [4.69, 9.17) is 20.0 Å². The second-order valence-corrected chi connectivity index (χ2v) is 6.85. The number of hydrogen-bond acceptors (Lipinski definition) is 5. The summed E-state index contributed by atoms with van der Waals surface area (Å²) in [5.74, 6) is 1.37. The smallest absolute Gasteiger partial charge is 0.237 e. The van der Waals surface area contributed by atoms with Crippen molar-refractivity contribution in [3.05, 3.63) is 47.6 Å². The van der Waals surface area contributed by atoms with Crippen molar-refractivity contribution in [2.75, 3.05) is 13.2 Å². The van der Waals surface area contributed by atoms with E-state index in [-0.39, 0.29) is 5.41 Å². The minimum atomic E-state index is -0.412. The van der Waals surface area contributed by atoms with E-state index in [2.05, 4.69) is 29.4 Å². The van der Waals surface area contributed by atoms with E-state index in [0.717, 1.165) is 38.5 Å². The lowest BCUT2D eigenvalue weighted by Gasteiger charge is -2.34. The zero-order valence-electron chi connectivity index (χ0n) is 13.3. The first-order chi connectivity index (χ1) is 11.2. The minimum absolute atomic E-state index is 0.250. The topological polar surface area (TPSA) is 74.2 Å². The predicted molar refractivity (Wildman–Crippen MR) is 85.9 cm³/mol. The van der Waals surface area contributed by atoms with Crippen LogP contribution in [0.5, 0.6) is 0 Å². The van der Waals surface area contributed by atoms with Gasteiger partial charge in [-0.15, -0.1) is 0 Å². The fourth-order valence-electron chi connectivity index (χ4n) is 3.95. The van der Waals surface area contributed by atoms with Gasteiger partial charge in [0.05, 0.1) is 11.0 Å². The van der Waals surface area contributed by atoms with Gasteiger partial charge in [-0.3, -0.25) is 0 Å².